The molecule has 5 heteroatoms. The second-order valence-electron chi connectivity index (χ2n) is 7.23. The molecule has 0 aliphatic heterocycles. The first kappa shape index (κ1) is 21.5. The Morgan fingerprint density at radius 1 is 1.19 bits per heavy atom. The van der Waals surface area contributed by atoms with Gasteiger partial charge in [0.15, 0.2) is 0 Å². The van der Waals surface area contributed by atoms with Crippen molar-refractivity contribution in [3.8, 4) is 0 Å². The normalized spacial score (nSPS) is 16.1. The topological polar surface area (TPSA) is 32.3 Å². The number of rotatable bonds is 5. The molecule has 1 amide bonds. The number of carbonyl (C=O) groups is 1. The number of nitrogens with one attached hydrogen (secondary N) is 1. The van der Waals surface area contributed by atoms with E-state index in [0.717, 1.165) is 36.6 Å². The number of carbonyl (C=O) groups excluding carboxylic acids is 1. The third kappa shape index (κ3) is 6.39. The number of benzene rings is 2. The van der Waals surface area contributed by atoms with Crippen molar-refractivity contribution in [2.24, 2.45) is 5.92 Å². The minimum atomic E-state index is -0.124. The lowest BCUT2D eigenvalue weighted by molar-refractivity contribution is -0.111. The van der Waals surface area contributed by atoms with Gasteiger partial charge in [0.1, 0.15) is 0 Å². The molecule has 0 aromatic heterocycles. The minimum absolute atomic E-state index is 0. The molecule has 1 atom stereocenters. The number of hydrogen-bond acceptors (Lipinski definition) is 2. The van der Waals surface area contributed by atoms with E-state index in [4.69, 9.17) is 11.6 Å². The van der Waals surface area contributed by atoms with Crippen LogP contribution >= 0.6 is 24.0 Å². The maximum atomic E-state index is 12.2. The van der Waals surface area contributed by atoms with Crippen molar-refractivity contribution in [1.82, 2.24) is 4.90 Å². The van der Waals surface area contributed by atoms with Crippen LogP contribution in [0.5, 0.6) is 0 Å². The molecule has 3 nitrogen and oxygen atoms in total. The van der Waals surface area contributed by atoms with Crippen LogP contribution in [0, 0.1) is 5.92 Å². The van der Waals surface area contributed by atoms with Crippen molar-refractivity contribution in [3.63, 3.8) is 0 Å². The third-order valence-corrected chi connectivity index (χ3v) is 4.98. The molecule has 0 saturated heterocycles. The van der Waals surface area contributed by atoms with Crippen molar-refractivity contribution in [1.29, 1.82) is 0 Å². The molecule has 2 aromatic rings. The summed E-state index contributed by atoms with van der Waals surface area (Å²) in [5.74, 6) is 0.599. The van der Waals surface area contributed by atoms with Crippen LogP contribution in [0.2, 0.25) is 5.02 Å². The number of aryl methyl sites for hydroxylation is 1. The summed E-state index contributed by atoms with van der Waals surface area (Å²) in [6.45, 7) is 1.13. The highest BCUT2D eigenvalue weighted by Gasteiger charge is 2.19. The van der Waals surface area contributed by atoms with Gasteiger partial charge in [-0.1, -0.05) is 29.8 Å². The zero-order valence-corrected chi connectivity index (χ0v) is 17.3. The number of fused-ring (bicyclic) bond motifs is 1. The molecule has 27 heavy (non-hydrogen) atoms. The second-order valence-corrected chi connectivity index (χ2v) is 7.67. The molecule has 0 saturated carbocycles. The molecule has 2 aromatic carbocycles. The average molecular weight is 405 g/mol. The zero-order chi connectivity index (χ0) is 18.5. The number of halogens is 2. The number of anilines is 1. The van der Waals surface area contributed by atoms with Crippen molar-refractivity contribution >= 4 is 41.7 Å². The summed E-state index contributed by atoms with van der Waals surface area (Å²) in [4.78, 5) is 14.4. The lowest BCUT2D eigenvalue weighted by Crippen LogP contribution is -2.26. The first-order valence-corrected chi connectivity index (χ1v) is 9.38. The number of hydrogen-bond donors (Lipinski definition) is 1. The van der Waals surface area contributed by atoms with Gasteiger partial charge >= 0.3 is 0 Å². The molecule has 0 radical (unpaired) electrons. The summed E-state index contributed by atoms with van der Waals surface area (Å²) >= 11 is 5.87. The van der Waals surface area contributed by atoms with E-state index in [9.17, 15) is 4.79 Å². The molecular weight excluding hydrogens is 379 g/mol. The van der Waals surface area contributed by atoms with E-state index >= 15 is 0 Å². The standard InChI is InChI=1S/C22H25ClN2O.ClH/c1-25(2)15-17-3-7-19-14-21(11-8-18(19)13-17)24-22(26)12-6-16-4-9-20(23)10-5-16;/h4-6,8-12,14,17H,3,7,13,15H2,1-2H3,(H,24,26);1H. The quantitative estimate of drug-likeness (QED) is 0.704. The fourth-order valence-electron chi connectivity index (χ4n) is 3.51. The van der Waals surface area contributed by atoms with Crippen LogP contribution in [-0.2, 0) is 17.6 Å². The van der Waals surface area contributed by atoms with Gasteiger partial charge in [-0.05, 0) is 86.3 Å². The molecule has 0 fully saturated rings. The van der Waals surface area contributed by atoms with Gasteiger partial charge in [-0.3, -0.25) is 4.79 Å². The first-order valence-electron chi connectivity index (χ1n) is 9.01. The predicted molar refractivity (Wildman–Crippen MR) is 117 cm³/mol. The van der Waals surface area contributed by atoms with Crippen LogP contribution < -0.4 is 5.32 Å². The molecule has 0 bridgehead atoms. The van der Waals surface area contributed by atoms with Gasteiger partial charge in [-0.25, -0.2) is 0 Å². The van der Waals surface area contributed by atoms with Crippen molar-refractivity contribution in [3.05, 3.63) is 70.3 Å². The number of amides is 1. The SMILES string of the molecule is CN(C)CC1CCc2cc(NC(=O)C=Cc3ccc(Cl)cc3)ccc2C1.Cl. The van der Waals surface area contributed by atoms with Gasteiger partial charge < -0.3 is 10.2 Å². The molecule has 0 heterocycles. The first-order chi connectivity index (χ1) is 12.5. The van der Waals surface area contributed by atoms with Gasteiger partial charge in [-0.2, -0.15) is 0 Å². The zero-order valence-electron chi connectivity index (χ0n) is 15.7. The largest absolute Gasteiger partial charge is 0.323 e. The van der Waals surface area contributed by atoms with Crippen LogP contribution in [-0.4, -0.2) is 31.4 Å². The van der Waals surface area contributed by atoms with Gasteiger partial charge in [0.05, 0.1) is 0 Å². The van der Waals surface area contributed by atoms with Gasteiger partial charge in [0, 0.05) is 23.3 Å². The molecular formula is C22H26Cl2N2O. The van der Waals surface area contributed by atoms with Gasteiger partial charge in [0.2, 0.25) is 5.91 Å². The van der Waals surface area contributed by atoms with E-state index in [1.54, 1.807) is 12.2 Å². The molecule has 3 rings (SSSR count). The molecule has 1 N–H and O–H groups in total. The maximum Gasteiger partial charge on any atom is 0.248 e. The molecule has 1 unspecified atom stereocenters. The summed E-state index contributed by atoms with van der Waals surface area (Å²) in [6.07, 6.45) is 6.75. The lowest BCUT2D eigenvalue weighted by Gasteiger charge is -2.27. The lowest BCUT2D eigenvalue weighted by atomic mass is 9.83. The van der Waals surface area contributed by atoms with Gasteiger partial charge in [-0.15, -0.1) is 12.4 Å². The Morgan fingerprint density at radius 2 is 1.93 bits per heavy atom. The Kier molecular flexibility index (Phi) is 7.91. The van der Waals surface area contributed by atoms with E-state index in [0.29, 0.717) is 5.02 Å². The minimum Gasteiger partial charge on any atom is -0.323 e. The molecule has 1 aliphatic carbocycles. The highest BCUT2D eigenvalue weighted by atomic mass is 35.5. The molecule has 0 spiro atoms. The van der Waals surface area contributed by atoms with E-state index in [-0.39, 0.29) is 18.3 Å². The molecule has 1 aliphatic rings. The summed E-state index contributed by atoms with van der Waals surface area (Å²) in [5.41, 5.74) is 4.58. The highest BCUT2D eigenvalue weighted by molar-refractivity contribution is 6.30. The monoisotopic (exact) mass is 404 g/mol. The Balaban J connectivity index is 0.00000261. The Bertz CT molecular complexity index is 800. The summed E-state index contributed by atoms with van der Waals surface area (Å²) < 4.78 is 0. The second kappa shape index (κ2) is 9.93. The van der Waals surface area contributed by atoms with E-state index < -0.39 is 0 Å². The summed E-state index contributed by atoms with van der Waals surface area (Å²) in [6, 6.07) is 13.7. The molecule has 144 valence electrons. The highest BCUT2D eigenvalue weighted by Crippen LogP contribution is 2.28. The predicted octanol–water partition coefficient (Wildman–Crippen LogP) is 5.08. The van der Waals surface area contributed by atoms with E-state index in [1.165, 1.54) is 17.5 Å². The smallest absolute Gasteiger partial charge is 0.248 e. The van der Waals surface area contributed by atoms with Crippen LogP contribution in [0.1, 0.15) is 23.1 Å². The Labute approximate surface area is 172 Å². The van der Waals surface area contributed by atoms with Crippen molar-refractivity contribution in [2.75, 3.05) is 26.0 Å². The van der Waals surface area contributed by atoms with Crippen molar-refractivity contribution < 1.29 is 4.79 Å². The third-order valence-electron chi connectivity index (χ3n) is 4.72. The van der Waals surface area contributed by atoms with Crippen LogP contribution in [0.15, 0.2) is 48.5 Å². The number of nitrogens with zero attached hydrogens (tertiary/aromatic N) is 1. The van der Waals surface area contributed by atoms with Crippen LogP contribution in [0.25, 0.3) is 6.08 Å². The van der Waals surface area contributed by atoms with Crippen LogP contribution in [0.4, 0.5) is 5.69 Å². The fourth-order valence-corrected chi connectivity index (χ4v) is 3.64. The summed E-state index contributed by atoms with van der Waals surface area (Å²) in [7, 11) is 4.26. The average Bonchev–Trinajstić information content (AvgIpc) is 2.61. The van der Waals surface area contributed by atoms with E-state index in [2.05, 4.69) is 36.4 Å². The Hall–Kier alpha value is -1.81. The van der Waals surface area contributed by atoms with Gasteiger partial charge in [0.25, 0.3) is 0 Å². The van der Waals surface area contributed by atoms with E-state index in [1.807, 2.05) is 30.3 Å². The van der Waals surface area contributed by atoms with Crippen molar-refractivity contribution in [2.45, 2.75) is 19.3 Å². The maximum absolute atomic E-state index is 12.2. The fraction of sp³-hybridized carbons (Fsp3) is 0.318. The Morgan fingerprint density at radius 3 is 2.63 bits per heavy atom. The summed E-state index contributed by atoms with van der Waals surface area (Å²) in [5, 5.41) is 3.65. The van der Waals surface area contributed by atoms with Crippen LogP contribution in [0.3, 0.4) is 0 Å².